The molecule has 1 atom stereocenters. The van der Waals surface area contributed by atoms with Crippen molar-refractivity contribution in [3.05, 3.63) is 59.1 Å². The molecule has 0 spiro atoms. The first-order chi connectivity index (χ1) is 17.5. The second-order valence-electron chi connectivity index (χ2n) is 9.66. The van der Waals surface area contributed by atoms with Crippen molar-refractivity contribution in [1.29, 1.82) is 0 Å². The van der Waals surface area contributed by atoms with Crippen LogP contribution >= 0.6 is 11.3 Å². The van der Waals surface area contributed by atoms with Crippen molar-refractivity contribution in [2.24, 2.45) is 11.7 Å². The van der Waals surface area contributed by atoms with Crippen molar-refractivity contribution in [3.8, 4) is 17.1 Å². The number of nitrogens with two attached hydrogens (primary N) is 1. The lowest BCUT2D eigenvalue weighted by molar-refractivity contribution is -0.121. The Hall–Kier alpha value is -3.27. The molecule has 1 aromatic carbocycles. The molecule has 36 heavy (non-hydrogen) atoms. The maximum absolute atomic E-state index is 11.6. The summed E-state index contributed by atoms with van der Waals surface area (Å²) in [5.74, 6) is 0.566. The molecule has 1 amide bonds. The topological polar surface area (TPSA) is 89.5 Å². The summed E-state index contributed by atoms with van der Waals surface area (Å²) in [6, 6.07) is 14.8. The van der Waals surface area contributed by atoms with Crippen molar-refractivity contribution < 1.29 is 9.53 Å². The number of hydrogen-bond donors (Lipinski definition) is 1. The van der Waals surface area contributed by atoms with Gasteiger partial charge in [0.25, 0.3) is 0 Å². The zero-order chi connectivity index (χ0) is 24.6. The van der Waals surface area contributed by atoms with Crippen molar-refractivity contribution in [1.82, 2.24) is 19.7 Å². The highest BCUT2D eigenvalue weighted by atomic mass is 32.1. The highest BCUT2D eigenvalue weighted by molar-refractivity contribution is 7.19. The van der Waals surface area contributed by atoms with Crippen LogP contribution in [-0.4, -0.2) is 65.0 Å². The summed E-state index contributed by atoms with van der Waals surface area (Å²) in [6.45, 7) is 7.67. The van der Waals surface area contributed by atoms with Crippen molar-refractivity contribution >= 4 is 33.1 Å². The summed E-state index contributed by atoms with van der Waals surface area (Å²) in [5.41, 5.74) is 10.9. The number of rotatable bonds is 6. The van der Waals surface area contributed by atoms with Gasteiger partial charge in [-0.1, -0.05) is 23.8 Å². The predicted molar refractivity (Wildman–Crippen MR) is 143 cm³/mol. The quantitative estimate of drug-likeness (QED) is 0.433. The molecule has 1 unspecified atom stereocenters. The molecule has 4 aromatic rings. The van der Waals surface area contributed by atoms with E-state index in [1.54, 1.807) is 11.3 Å². The minimum Gasteiger partial charge on any atom is -0.378 e. The first-order valence-electron chi connectivity index (χ1n) is 12.4. The Balaban J connectivity index is 1.35. The fraction of sp³-hybridized carbons (Fsp3) is 0.370. The number of primary amides is 1. The van der Waals surface area contributed by atoms with Crippen molar-refractivity contribution in [2.45, 2.75) is 19.9 Å². The number of amides is 1. The van der Waals surface area contributed by atoms with E-state index < -0.39 is 0 Å². The third kappa shape index (κ3) is 4.61. The molecule has 5 heterocycles. The van der Waals surface area contributed by atoms with Crippen LogP contribution in [0.5, 0.6) is 0 Å². The van der Waals surface area contributed by atoms with E-state index in [1.165, 1.54) is 20.8 Å². The van der Waals surface area contributed by atoms with E-state index in [4.69, 9.17) is 20.6 Å². The number of carbonyl (C=O) groups is 1. The van der Waals surface area contributed by atoms with Gasteiger partial charge in [-0.2, -0.15) is 5.10 Å². The van der Waals surface area contributed by atoms with Gasteiger partial charge in [-0.3, -0.25) is 9.69 Å². The summed E-state index contributed by atoms with van der Waals surface area (Å²) in [5, 5.41) is 4.86. The second-order valence-corrected chi connectivity index (χ2v) is 10.8. The predicted octanol–water partition coefficient (Wildman–Crippen LogP) is 3.60. The maximum atomic E-state index is 11.6. The summed E-state index contributed by atoms with van der Waals surface area (Å²) in [4.78, 5) is 22.6. The van der Waals surface area contributed by atoms with E-state index in [-0.39, 0.29) is 11.8 Å². The highest BCUT2D eigenvalue weighted by Gasteiger charge is 2.27. The standard InChI is InChI=1S/C27H30N6O2S/c1-18-3-2-4-19(13-18)22-6-8-33(30-22)25-15-24(32-9-11-35-12-10-32)26-23(29-25)14-21(36-26)17-31-7-5-20(16-31)27(28)34/h2-4,6,8,13-15,20H,5,7,9-12,16-17H2,1H3,(H2,28,34). The smallest absolute Gasteiger partial charge is 0.221 e. The third-order valence-corrected chi connectivity index (χ3v) is 8.17. The van der Waals surface area contributed by atoms with Gasteiger partial charge in [0.2, 0.25) is 5.91 Å². The van der Waals surface area contributed by atoms with Crippen LogP contribution in [0.15, 0.2) is 48.7 Å². The number of carbonyl (C=O) groups excluding carboxylic acids is 1. The molecule has 3 aromatic heterocycles. The summed E-state index contributed by atoms with van der Waals surface area (Å²) in [7, 11) is 0. The SMILES string of the molecule is Cc1cccc(-c2ccn(-c3cc(N4CCOCC4)c4sc(CN5CCC(C(N)=O)C5)cc4n3)n2)c1. The van der Waals surface area contributed by atoms with E-state index in [9.17, 15) is 4.79 Å². The zero-order valence-electron chi connectivity index (χ0n) is 20.4. The number of aromatic nitrogens is 3. The molecule has 2 N–H and O–H groups in total. The largest absolute Gasteiger partial charge is 0.378 e. The lowest BCUT2D eigenvalue weighted by Crippen LogP contribution is -2.36. The van der Waals surface area contributed by atoms with Gasteiger partial charge in [-0.25, -0.2) is 9.67 Å². The Morgan fingerprint density at radius 2 is 2.03 bits per heavy atom. The van der Waals surface area contributed by atoms with Crippen LogP contribution < -0.4 is 10.6 Å². The number of ether oxygens (including phenoxy) is 1. The number of benzene rings is 1. The first-order valence-corrected chi connectivity index (χ1v) is 13.3. The third-order valence-electron chi connectivity index (χ3n) is 7.04. The fourth-order valence-electron chi connectivity index (χ4n) is 5.11. The van der Waals surface area contributed by atoms with Crippen LogP contribution in [-0.2, 0) is 16.1 Å². The monoisotopic (exact) mass is 502 g/mol. The van der Waals surface area contributed by atoms with E-state index in [0.29, 0.717) is 0 Å². The van der Waals surface area contributed by atoms with E-state index in [1.807, 2.05) is 16.9 Å². The molecule has 6 rings (SSSR count). The van der Waals surface area contributed by atoms with Crippen LogP contribution in [0.1, 0.15) is 16.9 Å². The van der Waals surface area contributed by atoms with E-state index in [2.05, 4.69) is 53.1 Å². The van der Waals surface area contributed by atoms with Gasteiger partial charge in [-0.15, -0.1) is 11.3 Å². The van der Waals surface area contributed by atoms with Crippen LogP contribution in [0.3, 0.4) is 0 Å². The molecule has 8 nitrogen and oxygen atoms in total. The Bertz CT molecular complexity index is 1410. The lowest BCUT2D eigenvalue weighted by atomic mass is 10.1. The second kappa shape index (κ2) is 9.65. The van der Waals surface area contributed by atoms with Crippen LogP contribution in [0.4, 0.5) is 5.69 Å². The molecular weight excluding hydrogens is 472 g/mol. The highest BCUT2D eigenvalue weighted by Crippen LogP contribution is 2.36. The number of hydrogen-bond acceptors (Lipinski definition) is 7. The molecular formula is C27H30N6O2S. The molecule has 9 heteroatoms. The Morgan fingerprint density at radius 1 is 1.17 bits per heavy atom. The molecule has 186 valence electrons. The van der Waals surface area contributed by atoms with Crippen LogP contribution in [0.2, 0.25) is 0 Å². The van der Waals surface area contributed by atoms with Gasteiger partial charge in [0, 0.05) is 48.9 Å². The Morgan fingerprint density at radius 3 is 2.81 bits per heavy atom. The lowest BCUT2D eigenvalue weighted by Gasteiger charge is -2.29. The van der Waals surface area contributed by atoms with E-state index >= 15 is 0 Å². The number of anilines is 1. The zero-order valence-corrected chi connectivity index (χ0v) is 21.2. The summed E-state index contributed by atoms with van der Waals surface area (Å²) >= 11 is 1.79. The average Bonchev–Trinajstić information content (AvgIpc) is 3.64. The van der Waals surface area contributed by atoms with Gasteiger partial charge in [0.05, 0.1) is 40.7 Å². The molecule has 0 bridgehead atoms. The maximum Gasteiger partial charge on any atom is 0.221 e. The van der Waals surface area contributed by atoms with Gasteiger partial charge >= 0.3 is 0 Å². The van der Waals surface area contributed by atoms with Gasteiger partial charge in [0.15, 0.2) is 5.82 Å². The number of nitrogens with zero attached hydrogens (tertiary/aromatic N) is 5. The Kier molecular flexibility index (Phi) is 6.20. The number of aryl methyl sites for hydroxylation is 1. The van der Waals surface area contributed by atoms with Gasteiger partial charge in [0.1, 0.15) is 0 Å². The summed E-state index contributed by atoms with van der Waals surface area (Å²) in [6.07, 6.45) is 2.82. The van der Waals surface area contributed by atoms with Crippen LogP contribution in [0.25, 0.3) is 27.3 Å². The van der Waals surface area contributed by atoms with Crippen molar-refractivity contribution in [2.75, 3.05) is 44.3 Å². The number of fused-ring (bicyclic) bond motifs is 1. The average molecular weight is 503 g/mol. The molecule has 0 aliphatic carbocycles. The fourth-order valence-corrected chi connectivity index (χ4v) is 6.30. The summed E-state index contributed by atoms with van der Waals surface area (Å²) < 4.78 is 8.68. The number of pyridine rings is 1. The van der Waals surface area contributed by atoms with Crippen molar-refractivity contribution in [3.63, 3.8) is 0 Å². The number of morpholine rings is 1. The Labute approximate surface area is 214 Å². The van der Waals surface area contributed by atoms with Gasteiger partial charge in [-0.05, 0) is 38.1 Å². The van der Waals surface area contributed by atoms with E-state index in [0.717, 1.165) is 75.0 Å². The molecule has 0 saturated carbocycles. The molecule has 2 fully saturated rings. The molecule has 2 aliphatic rings. The normalized spacial score (nSPS) is 18.8. The van der Waals surface area contributed by atoms with Crippen LogP contribution in [0, 0.1) is 12.8 Å². The number of likely N-dealkylation sites (tertiary alicyclic amines) is 1. The molecule has 2 saturated heterocycles. The molecule has 2 aliphatic heterocycles. The minimum absolute atomic E-state index is 0.0459. The van der Waals surface area contributed by atoms with Gasteiger partial charge < -0.3 is 15.4 Å². The first kappa shape index (κ1) is 23.1. The number of thiophene rings is 1. The minimum atomic E-state index is -0.195. The molecule has 0 radical (unpaired) electrons.